The molecule has 1 aliphatic heterocycles. The standard InChI is InChI=1S/C16H21NO3/c1-11(2)16(15(19)20)8-9-17(10-16)14(18)13-7-5-4-6-12(13)3/h4-7,11H,8-10H2,1-3H3,(H,19,20). The summed E-state index contributed by atoms with van der Waals surface area (Å²) < 4.78 is 0. The zero-order chi connectivity index (χ0) is 14.9. The quantitative estimate of drug-likeness (QED) is 0.922. The zero-order valence-electron chi connectivity index (χ0n) is 12.2. The van der Waals surface area contributed by atoms with Crippen LogP contribution in [0.3, 0.4) is 0 Å². The van der Waals surface area contributed by atoms with Crippen molar-refractivity contribution >= 4 is 11.9 Å². The summed E-state index contributed by atoms with van der Waals surface area (Å²) in [4.78, 5) is 25.8. The van der Waals surface area contributed by atoms with E-state index in [1.165, 1.54) is 0 Å². The Bertz CT molecular complexity index is 538. The number of likely N-dealkylation sites (tertiary alicyclic amines) is 1. The number of aliphatic carboxylic acids is 1. The second-order valence-corrected chi connectivity index (χ2v) is 5.91. The first-order valence-electron chi connectivity index (χ1n) is 6.97. The highest BCUT2D eigenvalue weighted by Crippen LogP contribution is 2.38. The number of rotatable bonds is 3. The van der Waals surface area contributed by atoms with Gasteiger partial charge in [0.15, 0.2) is 0 Å². The Morgan fingerprint density at radius 2 is 1.95 bits per heavy atom. The molecule has 0 radical (unpaired) electrons. The molecule has 1 saturated heterocycles. The van der Waals surface area contributed by atoms with Crippen LogP contribution in [0.2, 0.25) is 0 Å². The van der Waals surface area contributed by atoms with Crippen molar-refractivity contribution in [3.05, 3.63) is 35.4 Å². The molecular formula is C16H21NO3. The molecule has 108 valence electrons. The number of carboxylic acid groups (broad SMARTS) is 1. The first-order chi connectivity index (χ1) is 9.38. The van der Waals surface area contributed by atoms with E-state index in [1.807, 2.05) is 39.0 Å². The lowest BCUT2D eigenvalue weighted by molar-refractivity contribution is -0.150. The van der Waals surface area contributed by atoms with Crippen molar-refractivity contribution in [2.45, 2.75) is 27.2 Å². The third-order valence-electron chi connectivity index (χ3n) is 4.49. The highest BCUT2D eigenvalue weighted by Gasteiger charge is 2.48. The number of carbonyl (C=O) groups excluding carboxylic acids is 1. The second-order valence-electron chi connectivity index (χ2n) is 5.91. The molecule has 0 aliphatic carbocycles. The minimum Gasteiger partial charge on any atom is -0.481 e. The summed E-state index contributed by atoms with van der Waals surface area (Å²) in [6.07, 6.45) is 0.525. The molecule has 20 heavy (non-hydrogen) atoms. The Morgan fingerprint density at radius 3 is 2.45 bits per heavy atom. The fourth-order valence-electron chi connectivity index (χ4n) is 2.88. The van der Waals surface area contributed by atoms with Gasteiger partial charge in [-0.2, -0.15) is 0 Å². The van der Waals surface area contributed by atoms with E-state index < -0.39 is 11.4 Å². The first kappa shape index (κ1) is 14.6. The van der Waals surface area contributed by atoms with Gasteiger partial charge in [-0.05, 0) is 30.9 Å². The Labute approximate surface area is 119 Å². The van der Waals surface area contributed by atoms with Crippen molar-refractivity contribution in [3.63, 3.8) is 0 Å². The van der Waals surface area contributed by atoms with E-state index in [0.717, 1.165) is 5.56 Å². The van der Waals surface area contributed by atoms with Gasteiger partial charge in [0.2, 0.25) is 0 Å². The van der Waals surface area contributed by atoms with Crippen LogP contribution in [0.4, 0.5) is 0 Å². The number of benzene rings is 1. The van der Waals surface area contributed by atoms with Crippen LogP contribution in [-0.2, 0) is 4.79 Å². The van der Waals surface area contributed by atoms with E-state index >= 15 is 0 Å². The maximum absolute atomic E-state index is 12.5. The molecule has 0 spiro atoms. The summed E-state index contributed by atoms with van der Waals surface area (Å²) >= 11 is 0. The molecule has 1 atom stereocenters. The van der Waals surface area contributed by atoms with E-state index in [0.29, 0.717) is 25.1 Å². The minimum atomic E-state index is -0.807. The normalized spacial score (nSPS) is 22.3. The number of nitrogens with zero attached hydrogens (tertiary/aromatic N) is 1. The van der Waals surface area contributed by atoms with Crippen LogP contribution in [0.1, 0.15) is 36.2 Å². The zero-order valence-corrected chi connectivity index (χ0v) is 12.2. The monoisotopic (exact) mass is 275 g/mol. The van der Waals surface area contributed by atoms with E-state index in [4.69, 9.17) is 0 Å². The van der Waals surface area contributed by atoms with Crippen molar-refractivity contribution < 1.29 is 14.7 Å². The van der Waals surface area contributed by atoms with Crippen LogP contribution >= 0.6 is 0 Å². The number of hydrogen-bond donors (Lipinski definition) is 1. The maximum Gasteiger partial charge on any atom is 0.311 e. The lowest BCUT2D eigenvalue weighted by Crippen LogP contribution is -2.40. The van der Waals surface area contributed by atoms with E-state index in [9.17, 15) is 14.7 Å². The van der Waals surface area contributed by atoms with Gasteiger partial charge in [-0.25, -0.2) is 0 Å². The summed E-state index contributed by atoms with van der Waals surface area (Å²) in [7, 11) is 0. The Morgan fingerprint density at radius 1 is 1.30 bits per heavy atom. The molecule has 4 heteroatoms. The molecule has 0 saturated carbocycles. The summed E-state index contributed by atoms with van der Waals surface area (Å²) in [5.41, 5.74) is 0.783. The molecular weight excluding hydrogens is 254 g/mol. The first-order valence-corrected chi connectivity index (χ1v) is 6.97. The van der Waals surface area contributed by atoms with Gasteiger partial charge in [0.25, 0.3) is 5.91 Å². The van der Waals surface area contributed by atoms with Gasteiger partial charge in [0.05, 0.1) is 5.41 Å². The van der Waals surface area contributed by atoms with Crippen LogP contribution in [0, 0.1) is 18.3 Å². The Kier molecular flexibility index (Phi) is 3.84. The fourth-order valence-corrected chi connectivity index (χ4v) is 2.88. The van der Waals surface area contributed by atoms with E-state index in [2.05, 4.69) is 0 Å². The highest BCUT2D eigenvalue weighted by molar-refractivity contribution is 5.96. The van der Waals surface area contributed by atoms with Crippen molar-refractivity contribution in [2.24, 2.45) is 11.3 Å². The van der Waals surface area contributed by atoms with Crippen LogP contribution < -0.4 is 0 Å². The molecule has 1 fully saturated rings. The molecule has 1 amide bonds. The maximum atomic E-state index is 12.5. The number of carbonyl (C=O) groups is 2. The van der Waals surface area contributed by atoms with Gasteiger partial charge < -0.3 is 10.0 Å². The van der Waals surface area contributed by atoms with E-state index in [-0.39, 0.29) is 11.8 Å². The Hall–Kier alpha value is -1.84. The minimum absolute atomic E-state index is 0.00895. The van der Waals surface area contributed by atoms with Gasteiger partial charge in [-0.1, -0.05) is 32.0 Å². The largest absolute Gasteiger partial charge is 0.481 e. The van der Waals surface area contributed by atoms with Gasteiger partial charge in [-0.3, -0.25) is 9.59 Å². The fraction of sp³-hybridized carbons (Fsp3) is 0.500. The number of amides is 1. The third kappa shape index (κ3) is 2.30. The average molecular weight is 275 g/mol. The van der Waals surface area contributed by atoms with Crippen molar-refractivity contribution in [1.82, 2.24) is 4.90 Å². The predicted octanol–water partition coefficient (Wildman–Crippen LogP) is 2.57. The molecule has 0 bridgehead atoms. The van der Waals surface area contributed by atoms with Crippen LogP contribution in [0.15, 0.2) is 24.3 Å². The summed E-state index contributed by atoms with van der Waals surface area (Å²) in [6.45, 7) is 6.53. The lowest BCUT2D eigenvalue weighted by Gasteiger charge is -2.28. The average Bonchev–Trinajstić information content (AvgIpc) is 2.85. The number of hydrogen-bond acceptors (Lipinski definition) is 2. The molecule has 2 rings (SSSR count). The molecule has 4 nitrogen and oxygen atoms in total. The molecule has 1 aliphatic rings. The number of aryl methyl sites for hydroxylation is 1. The predicted molar refractivity (Wildman–Crippen MR) is 76.6 cm³/mol. The van der Waals surface area contributed by atoms with Crippen LogP contribution in [0.5, 0.6) is 0 Å². The highest BCUT2D eigenvalue weighted by atomic mass is 16.4. The van der Waals surface area contributed by atoms with Gasteiger partial charge in [0.1, 0.15) is 0 Å². The second kappa shape index (κ2) is 5.27. The van der Waals surface area contributed by atoms with Crippen molar-refractivity contribution in [1.29, 1.82) is 0 Å². The van der Waals surface area contributed by atoms with E-state index in [1.54, 1.807) is 11.0 Å². The molecule has 1 aromatic rings. The SMILES string of the molecule is Cc1ccccc1C(=O)N1CCC(C(=O)O)(C(C)C)C1. The smallest absolute Gasteiger partial charge is 0.311 e. The van der Waals surface area contributed by atoms with Crippen LogP contribution in [0.25, 0.3) is 0 Å². The van der Waals surface area contributed by atoms with Crippen molar-refractivity contribution in [3.8, 4) is 0 Å². The third-order valence-corrected chi connectivity index (χ3v) is 4.49. The van der Waals surface area contributed by atoms with Crippen molar-refractivity contribution in [2.75, 3.05) is 13.1 Å². The van der Waals surface area contributed by atoms with Gasteiger partial charge in [0, 0.05) is 18.7 Å². The molecule has 1 heterocycles. The molecule has 0 aromatic heterocycles. The molecule has 1 unspecified atom stereocenters. The topological polar surface area (TPSA) is 57.6 Å². The van der Waals surface area contributed by atoms with Gasteiger partial charge in [-0.15, -0.1) is 0 Å². The van der Waals surface area contributed by atoms with Gasteiger partial charge >= 0.3 is 5.97 Å². The Balaban J connectivity index is 2.23. The molecule has 1 aromatic carbocycles. The lowest BCUT2D eigenvalue weighted by atomic mass is 9.76. The summed E-state index contributed by atoms with van der Waals surface area (Å²) in [6, 6.07) is 7.43. The summed E-state index contributed by atoms with van der Waals surface area (Å²) in [5.74, 6) is -0.853. The summed E-state index contributed by atoms with van der Waals surface area (Å²) in [5, 5.41) is 9.52. The number of carboxylic acids is 1. The van der Waals surface area contributed by atoms with Crippen LogP contribution in [-0.4, -0.2) is 35.0 Å². The molecule has 1 N–H and O–H groups in total.